The van der Waals surface area contributed by atoms with Gasteiger partial charge in [0.15, 0.2) is 0 Å². The predicted molar refractivity (Wildman–Crippen MR) is 73.1 cm³/mol. The lowest BCUT2D eigenvalue weighted by Crippen LogP contribution is -2.37. The van der Waals surface area contributed by atoms with Crippen LogP contribution in [0.15, 0.2) is 17.2 Å². The minimum Gasteiger partial charge on any atom is -0.356 e. The quantitative estimate of drug-likeness (QED) is 0.754. The number of carbonyl (C=O) groups excluding carboxylic acids is 1. The molecule has 19 heavy (non-hydrogen) atoms. The Kier molecular flexibility index (Phi) is 4.42. The van der Waals surface area contributed by atoms with Crippen LogP contribution in [-0.2, 0) is 10.0 Å². The van der Waals surface area contributed by atoms with Gasteiger partial charge in [0.2, 0.25) is 10.0 Å². The molecule has 0 atom stereocenters. The number of hydrogen-bond acceptors (Lipinski definition) is 3. The summed E-state index contributed by atoms with van der Waals surface area (Å²) in [6.07, 6.45) is 1.21. The van der Waals surface area contributed by atoms with Crippen LogP contribution >= 0.6 is 0 Å². The third kappa shape index (κ3) is 4.07. The van der Waals surface area contributed by atoms with Crippen molar-refractivity contribution in [3.63, 3.8) is 0 Å². The molecule has 7 heteroatoms. The van der Waals surface area contributed by atoms with E-state index in [1.165, 1.54) is 12.3 Å². The van der Waals surface area contributed by atoms with E-state index in [4.69, 9.17) is 5.14 Å². The number of aromatic amines is 1. The fraction of sp³-hybridized carbons (Fsp3) is 0.583. The van der Waals surface area contributed by atoms with Gasteiger partial charge in [-0.05, 0) is 17.4 Å². The largest absolute Gasteiger partial charge is 0.356 e. The lowest BCUT2D eigenvalue weighted by atomic mass is 9.81. The third-order valence-corrected chi connectivity index (χ3v) is 4.39. The van der Waals surface area contributed by atoms with Crippen molar-refractivity contribution in [2.75, 3.05) is 6.54 Å². The summed E-state index contributed by atoms with van der Waals surface area (Å²) in [4.78, 5) is 14.4. The Balaban J connectivity index is 2.73. The number of H-pyrrole nitrogens is 1. The molecule has 1 amide bonds. The van der Waals surface area contributed by atoms with Crippen LogP contribution in [-0.4, -0.2) is 25.9 Å². The van der Waals surface area contributed by atoms with E-state index in [9.17, 15) is 13.2 Å². The number of rotatable bonds is 5. The van der Waals surface area contributed by atoms with Gasteiger partial charge in [0.1, 0.15) is 5.69 Å². The van der Waals surface area contributed by atoms with E-state index in [0.29, 0.717) is 12.5 Å². The highest BCUT2D eigenvalue weighted by Gasteiger charge is 2.23. The van der Waals surface area contributed by atoms with Crippen molar-refractivity contribution in [3.05, 3.63) is 18.0 Å². The number of sulfonamides is 1. The average molecular weight is 287 g/mol. The summed E-state index contributed by atoms with van der Waals surface area (Å²) < 4.78 is 22.2. The first kappa shape index (κ1) is 15.7. The standard InChI is InChI=1S/C12H21N3O3S/c1-8(2)12(3,4)7-15-11(16)10-5-9(6-14-10)19(13,17)18/h5-6,8,14H,7H2,1-4H3,(H,15,16)(H2,13,17,18). The first-order valence-electron chi connectivity index (χ1n) is 6.03. The molecule has 0 bridgehead atoms. The molecule has 0 aliphatic rings. The van der Waals surface area contributed by atoms with Gasteiger partial charge in [-0.1, -0.05) is 27.7 Å². The molecule has 6 nitrogen and oxygen atoms in total. The van der Waals surface area contributed by atoms with Crippen LogP contribution in [0.5, 0.6) is 0 Å². The molecule has 1 aromatic heterocycles. The Morgan fingerprint density at radius 3 is 2.47 bits per heavy atom. The Morgan fingerprint density at radius 1 is 1.47 bits per heavy atom. The van der Waals surface area contributed by atoms with Gasteiger partial charge in [-0.15, -0.1) is 0 Å². The number of nitrogens with two attached hydrogens (primary N) is 1. The van der Waals surface area contributed by atoms with Crippen molar-refractivity contribution in [2.24, 2.45) is 16.5 Å². The SMILES string of the molecule is CC(C)C(C)(C)CNC(=O)c1cc(S(N)(=O)=O)c[nH]1. The maximum atomic E-state index is 11.9. The Hall–Kier alpha value is -1.34. The molecule has 0 spiro atoms. The number of aromatic nitrogens is 1. The second-order valence-corrected chi connectivity index (χ2v) is 7.18. The van der Waals surface area contributed by atoms with E-state index in [0.717, 1.165) is 0 Å². The lowest BCUT2D eigenvalue weighted by Gasteiger charge is -2.29. The summed E-state index contributed by atoms with van der Waals surface area (Å²) in [6.45, 7) is 8.79. The highest BCUT2D eigenvalue weighted by molar-refractivity contribution is 7.89. The molecule has 4 N–H and O–H groups in total. The Bertz CT molecular complexity index is 559. The topological polar surface area (TPSA) is 105 Å². The predicted octanol–water partition coefficient (Wildman–Crippen LogP) is 1.07. The summed E-state index contributed by atoms with van der Waals surface area (Å²) in [6, 6.07) is 1.23. The van der Waals surface area contributed by atoms with Crippen LogP contribution in [0.3, 0.4) is 0 Å². The summed E-state index contributed by atoms with van der Waals surface area (Å²) in [5, 5.41) is 7.75. The summed E-state index contributed by atoms with van der Waals surface area (Å²) in [5.41, 5.74) is 0.147. The van der Waals surface area contributed by atoms with Gasteiger partial charge < -0.3 is 10.3 Å². The molecule has 0 aliphatic heterocycles. The van der Waals surface area contributed by atoms with E-state index < -0.39 is 10.0 Å². The van der Waals surface area contributed by atoms with Gasteiger partial charge >= 0.3 is 0 Å². The van der Waals surface area contributed by atoms with Crippen LogP contribution in [0, 0.1) is 11.3 Å². The highest BCUT2D eigenvalue weighted by Crippen LogP contribution is 2.24. The summed E-state index contributed by atoms with van der Waals surface area (Å²) in [7, 11) is -3.78. The number of hydrogen-bond donors (Lipinski definition) is 3. The first-order chi connectivity index (χ1) is 8.54. The van der Waals surface area contributed by atoms with Crippen LogP contribution in [0.1, 0.15) is 38.2 Å². The fourth-order valence-corrected chi connectivity index (χ4v) is 1.78. The molecule has 1 rings (SSSR count). The molecule has 1 heterocycles. The zero-order chi connectivity index (χ0) is 14.8. The van der Waals surface area contributed by atoms with Crippen molar-refractivity contribution in [2.45, 2.75) is 32.6 Å². The van der Waals surface area contributed by atoms with E-state index in [1.54, 1.807) is 0 Å². The second kappa shape index (κ2) is 5.34. The van der Waals surface area contributed by atoms with Crippen LogP contribution in [0.2, 0.25) is 0 Å². The Labute approximate surface area is 113 Å². The van der Waals surface area contributed by atoms with Crippen LogP contribution < -0.4 is 10.5 Å². The summed E-state index contributed by atoms with van der Waals surface area (Å²) >= 11 is 0. The van der Waals surface area contributed by atoms with E-state index in [-0.39, 0.29) is 21.9 Å². The van der Waals surface area contributed by atoms with Gasteiger partial charge in [-0.25, -0.2) is 13.6 Å². The van der Waals surface area contributed by atoms with Crippen molar-refractivity contribution >= 4 is 15.9 Å². The number of amides is 1. The normalized spacial score (nSPS) is 12.7. The van der Waals surface area contributed by atoms with Crippen molar-refractivity contribution < 1.29 is 13.2 Å². The molecular weight excluding hydrogens is 266 g/mol. The molecule has 0 radical (unpaired) electrons. The highest BCUT2D eigenvalue weighted by atomic mass is 32.2. The molecule has 0 aromatic carbocycles. The van der Waals surface area contributed by atoms with Gasteiger partial charge in [0.25, 0.3) is 5.91 Å². The third-order valence-electron chi connectivity index (χ3n) is 3.50. The van der Waals surface area contributed by atoms with Gasteiger partial charge in [0, 0.05) is 12.7 Å². The zero-order valence-electron chi connectivity index (χ0n) is 11.6. The minimum absolute atomic E-state index is 0.0367. The molecule has 0 aliphatic carbocycles. The van der Waals surface area contributed by atoms with Crippen molar-refractivity contribution in [1.82, 2.24) is 10.3 Å². The van der Waals surface area contributed by atoms with Crippen LogP contribution in [0.4, 0.5) is 0 Å². The van der Waals surface area contributed by atoms with E-state index in [2.05, 4.69) is 38.0 Å². The lowest BCUT2D eigenvalue weighted by molar-refractivity contribution is 0.0920. The molecule has 0 fully saturated rings. The number of nitrogens with one attached hydrogen (secondary N) is 2. The summed E-state index contributed by atoms with van der Waals surface area (Å²) in [5.74, 6) is 0.0695. The maximum Gasteiger partial charge on any atom is 0.267 e. The Morgan fingerprint density at radius 2 is 2.05 bits per heavy atom. The molecule has 1 aromatic rings. The molecular formula is C12H21N3O3S. The minimum atomic E-state index is -3.78. The monoisotopic (exact) mass is 287 g/mol. The number of carbonyl (C=O) groups is 1. The zero-order valence-corrected chi connectivity index (χ0v) is 12.5. The van der Waals surface area contributed by atoms with Crippen LogP contribution in [0.25, 0.3) is 0 Å². The van der Waals surface area contributed by atoms with Gasteiger partial charge in [-0.3, -0.25) is 4.79 Å². The molecule has 108 valence electrons. The van der Waals surface area contributed by atoms with Crippen molar-refractivity contribution in [3.8, 4) is 0 Å². The van der Waals surface area contributed by atoms with Gasteiger partial charge in [0.05, 0.1) is 4.90 Å². The molecule has 0 saturated heterocycles. The molecule has 0 saturated carbocycles. The second-order valence-electron chi connectivity index (χ2n) is 5.62. The van der Waals surface area contributed by atoms with E-state index >= 15 is 0 Å². The maximum absolute atomic E-state index is 11.9. The smallest absolute Gasteiger partial charge is 0.267 e. The fourth-order valence-electron chi connectivity index (χ4n) is 1.28. The van der Waals surface area contributed by atoms with Crippen molar-refractivity contribution in [1.29, 1.82) is 0 Å². The number of primary sulfonamides is 1. The average Bonchev–Trinajstić information content (AvgIpc) is 2.74. The van der Waals surface area contributed by atoms with Gasteiger partial charge in [-0.2, -0.15) is 0 Å². The first-order valence-corrected chi connectivity index (χ1v) is 7.58. The molecule has 0 unspecified atom stereocenters. The van der Waals surface area contributed by atoms with E-state index in [1.807, 2.05) is 0 Å².